The number of anilines is 4. The quantitative estimate of drug-likeness (QED) is 0.606. The van der Waals surface area contributed by atoms with Gasteiger partial charge in [-0.15, -0.1) is 0 Å². The van der Waals surface area contributed by atoms with E-state index in [1.54, 1.807) is 7.11 Å². The molecule has 5 nitrogen and oxygen atoms in total. The number of rotatable bonds is 5. The van der Waals surface area contributed by atoms with Crippen molar-refractivity contribution in [3.8, 4) is 5.75 Å². The lowest BCUT2D eigenvalue weighted by atomic mass is 10.2. The minimum atomic E-state index is 0.672. The topological polar surface area (TPSA) is 59.1 Å². The molecule has 25 heavy (non-hydrogen) atoms. The molecule has 1 heterocycles. The van der Waals surface area contributed by atoms with Crippen LogP contribution in [-0.4, -0.2) is 17.1 Å². The van der Waals surface area contributed by atoms with Gasteiger partial charge in [-0.2, -0.15) is 0 Å². The number of aryl methyl sites for hydroxylation is 2. The second-order valence-electron chi connectivity index (χ2n) is 5.62. The zero-order valence-electron chi connectivity index (χ0n) is 14.3. The SMILES string of the molecule is COc1ccc(C)cc1Nc1cc(Nc2ccccc2Br)nc(C)n1. The van der Waals surface area contributed by atoms with Crippen LogP contribution in [0.15, 0.2) is 53.0 Å². The molecule has 0 amide bonds. The van der Waals surface area contributed by atoms with Crippen LogP contribution in [0.5, 0.6) is 5.75 Å². The van der Waals surface area contributed by atoms with E-state index in [-0.39, 0.29) is 0 Å². The Morgan fingerprint density at radius 3 is 2.24 bits per heavy atom. The Kier molecular flexibility index (Phi) is 5.19. The van der Waals surface area contributed by atoms with Crippen LogP contribution in [0.25, 0.3) is 0 Å². The van der Waals surface area contributed by atoms with E-state index >= 15 is 0 Å². The highest BCUT2D eigenvalue weighted by Gasteiger charge is 2.08. The first kappa shape index (κ1) is 17.2. The summed E-state index contributed by atoms with van der Waals surface area (Å²) < 4.78 is 6.39. The molecule has 0 spiro atoms. The summed E-state index contributed by atoms with van der Waals surface area (Å²) in [5.74, 6) is 2.85. The van der Waals surface area contributed by atoms with E-state index in [2.05, 4.69) is 36.5 Å². The zero-order valence-corrected chi connectivity index (χ0v) is 15.9. The van der Waals surface area contributed by atoms with Gasteiger partial charge < -0.3 is 15.4 Å². The molecule has 3 rings (SSSR count). The predicted molar refractivity (Wildman–Crippen MR) is 105 cm³/mol. The van der Waals surface area contributed by atoms with Gasteiger partial charge in [0.25, 0.3) is 0 Å². The van der Waals surface area contributed by atoms with Gasteiger partial charge in [0.1, 0.15) is 23.2 Å². The number of nitrogens with zero attached hydrogens (tertiary/aromatic N) is 2. The summed E-state index contributed by atoms with van der Waals surface area (Å²) in [6.45, 7) is 3.90. The lowest BCUT2D eigenvalue weighted by Gasteiger charge is -2.13. The lowest BCUT2D eigenvalue weighted by molar-refractivity contribution is 0.416. The highest BCUT2D eigenvalue weighted by molar-refractivity contribution is 9.10. The van der Waals surface area contributed by atoms with Gasteiger partial charge in [0.05, 0.1) is 18.5 Å². The molecule has 2 N–H and O–H groups in total. The van der Waals surface area contributed by atoms with Crippen molar-refractivity contribution in [1.82, 2.24) is 9.97 Å². The number of ether oxygens (including phenoxy) is 1. The van der Waals surface area contributed by atoms with Crippen molar-refractivity contribution < 1.29 is 4.74 Å². The molecular weight excluding hydrogens is 380 g/mol. The minimum Gasteiger partial charge on any atom is -0.495 e. The first-order chi connectivity index (χ1) is 12.0. The fourth-order valence-corrected chi connectivity index (χ4v) is 2.84. The molecule has 0 fully saturated rings. The van der Waals surface area contributed by atoms with Crippen molar-refractivity contribution in [3.05, 3.63) is 64.4 Å². The van der Waals surface area contributed by atoms with Crippen LogP contribution in [0, 0.1) is 13.8 Å². The number of methoxy groups -OCH3 is 1. The number of benzene rings is 2. The molecule has 2 aromatic carbocycles. The zero-order chi connectivity index (χ0) is 17.8. The van der Waals surface area contributed by atoms with E-state index in [0.29, 0.717) is 17.5 Å². The summed E-state index contributed by atoms with van der Waals surface area (Å²) in [6.07, 6.45) is 0. The summed E-state index contributed by atoms with van der Waals surface area (Å²) in [4.78, 5) is 8.93. The number of nitrogens with one attached hydrogen (secondary N) is 2. The number of halogens is 1. The van der Waals surface area contributed by atoms with Crippen molar-refractivity contribution in [2.45, 2.75) is 13.8 Å². The van der Waals surface area contributed by atoms with E-state index < -0.39 is 0 Å². The van der Waals surface area contributed by atoms with Crippen LogP contribution in [0.4, 0.5) is 23.0 Å². The fraction of sp³-hybridized carbons (Fsp3) is 0.158. The maximum absolute atomic E-state index is 5.42. The minimum absolute atomic E-state index is 0.672. The summed E-state index contributed by atoms with van der Waals surface area (Å²) in [5.41, 5.74) is 2.95. The molecule has 3 aromatic rings. The van der Waals surface area contributed by atoms with Gasteiger partial charge in [-0.05, 0) is 59.6 Å². The van der Waals surface area contributed by atoms with Crippen molar-refractivity contribution in [2.75, 3.05) is 17.7 Å². The van der Waals surface area contributed by atoms with Gasteiger partial charge >= 0.3 is 0 Å². The first-order valence-electron chi connectivity index (χ1n) is 7.84. The molecular formula is C19H19BrN4O. The van der Waals surface area contributed by atoms with Crippen molar-refractivity contribution in [3.63, 3.8) is 0 Å². The average Bonchev–Trinajstić information content (AvgIpc) is 2.57. The van der Waals surface area contributed by atoms with Crippen LogP contribution in [0.2, 0.25) is 0 Å². The summed E-state index contributed by atoms with van der Waals surface area (Å²) in [5, 5.41) is 6.63. The summed E-state index contributed by atoms with van der Waals surface area (Å²) >= 11 is 3.53. The normalized spacial score (nSPS) is 10.4. The van der Waals surface area contributed by atoms with Crippen molar-refractivity contribution >= 4 is 38.9 Å². The molecule has 1 aromatic heterocycles. The van der Waals surface area contributed by atoms with Crippen LogP contribution in [0.1, 0.15) is 11.4 Å². The molecule has 0 aliphatic rings. The molecule has 128 valence electrons. The monoisotopic (exact) mass is 398 g/mol. The molecule has 0 bridgehead atoms. The lowest BCUT2D eigenvalue weighted by Crippen LogP contribution is -2.02. The van der Waals surface area contributed by atoms with Crippen molar-refractivity contribution in [1.29, 1.82) is 0 Å². The van der Waals surface area contributed by atoms with Crippen LogP contribution in [-0.2, 0) is 0 Å². The van der Waals surface area contributed by atoms with Gasteiger partial charge in [0, 0.05) is 10.5 Å². The Labute approximate surface area is 155 Å². The Morgan fingerprint density at radius 2 is 1.56 bits per heavy atom. The van der Waals surface area contributed by atoms with Crippen molar-refractivity contribution in [2.24, 2.45) is 0 Å². The molecule has 0 aliphatic heterocycles. The smallest absolute Gasteiger partial charge is 0.142 e. The van der Waals surface area contributed by atoms with E-state index in [0.717, 1.165) is 27.2 Å². The number of para-hydroxylation sites is 1. The number of hydrogen-bond donors (Lipinski definition) is 2. The molecule has 0 saturated carbocycles. The third kappa shape index (κ3) is 4.28. The Balaban J connectivity index is 1.90. The molecule has 0 unspecified atom stereocenters. The van der Waals surface area contributed by atoms with Crippen LogP contribution < -0.4 is 15.4 Å². The van der Waals surface area contributed by atoms with E-state index in [1.165, 1.54) is 0 Å². The molecule has 0 atom stereocenters. The Bertz CT molecular complexity index is 898. The standard InChI is InChI=1S/C19H19BrN4O/c1-12-8-9-17(25-3)16(10-12)24-19-11-18(21-13(2)22-19)23-15-7-5-4-6-14(15)20/h4-11H,1-3H3,(H2,21,22,23,24). The maximum Gasteiger partial charge on any atom is 0.142 e. The first-order valence-corrected chi connectivity index (χ1v) is 8.63. The number of hydrogen-bond acceptors (Lipinski definition) is 5. The largest absolute Gasteiger partial charge is 0.495 e. The Hall–Kier alpha value is -2.60. The molecule has 6 heteroatoms. The maximum atomic E-state index is 5.42. The highest BCUT2D eigenvalue weighted by atomic mass is 79.9. The molecule has 0 saturated heterocycles. The number of aromatic nitrogens is 2. The van der Waals surface area contributed by atoms with Gasteiger partial charge in [-0.1, -0.05) is 18.2 Å². The highest BCUT2D eigenvalue weighted by Crippen LogP contribution is 2.30. The van der Waals surface area contributed by atoms with E-state index in [4.69, 9.17) is 4.74 Å². The van der Waals surface area contributed by atoms with E-state index in [1.807, 2.05) is 62.4 Å². The van der Waals surface area contributed by atoms with Crippen LogP contribution in [0.3, 0.4) is 0 Å². The second-order valence-corrected chi connectivity index (χ2v) is 6.47. The van der Waals surface area contributed by atoms with Gasteiger partial charge in [0.2, 0.25) is 0 Å². The van der Waals surface area contributed by atoms with Gasteiger partial charge in [0.15, 0.2) is 0 Å². The molecule has 0 aliphatic carbocycles. The summed E-state index contributed by atoms with van der Waals surface area (Å²) in [7, 11) is 1.65. The second kappa shape index (κ2) is 7.53. The van der Waals surface area contributed by atoms with E-state index in [9.17, 15) is 0 Å². The third-order valence-electron chi connectivity index (χ3n) is 3.59. The summed E-state index contributed by atoms with van der Waals surface area (Å²) in [6, 6.07) is 15.7. The van der Waals surface area contributed by atoms with Crippen LogP contribution >= 0.6 is 15.9 Å². The predicted octanol–water partition coefficient (Wildman–Crippen LogP) is 5.35. The third-order valence-corrected chi connectivity index (χ3v) is 4.28. The fourth-order valence-electron chi connectivity index (χ4n) is 2.45. The van der Waals surface area contributed by atoms with Gasteiger partial charge in [-0.25, -0.2) is 9.97 Å². The Morgan fingerprint density at radius 1 is 0.880 bits per heavy atom. The van der Waals surface area contributed by atoms with Gasteiger partial charge in [-0.3, -0.25) is 0 Å². The average molecular weight is 399 g/mol. The molecule has 0 radical (unpaired) electrons.